The van der Waals surface area contributed by atoms with Crippen molar-refractivity contribution in [1.82, 2.24) is 9.62 Å². The summed E-state index contributed by atoms with van der Waals surface area (Å²) in [5.74, 6) is 0. The second-order valence-corrected chi connectivity index (χ2v) is 9.16. The zero-order valence-corrected chi connectivity index (χ0v) is 17.5. The van der Waals surface area contributed by atoms with Crippen molar-refractivity contribution in [2.75, 3.05) is 13.1 Å². The van der Waals surface area contributed by atoms with Crippen molar-refractivity contribution in [3.05, 3.63) is 76.8 Å². The first-order valence-corrected chi connectivity index (χ1v) is 11.4. The molecule has 0 amide bonds. The maximum absolute atomic E-state index is 13.1. The molecular weight excluding hydrogens is 392 g/mol. The fraction of sp³-hybridized carbons (Fsp3) is 0.273. The summed E-state index contributed by atoms with van der Waals surface area (Å²) < 4.78 is 29.3. The van der Waals surface area contributed by atoms with Gasteiger partial charge in [-0.25, -0.2) is 13.1 Å². The lowest BCUT2D eigenvalue weighted by Gasteiger charge is -2.32. The summed E-state index contributed by atoms with van der Waals surface area (Å²) in [6.07, 6.45) is 0. The third kappa shape index (κ3) is 3.22. The lowest BCUT2D eigenvalue weighted by atomic mass is 10.0. The smallest absolute Gasteiger partial charge is 0.241 e. The summed E-state index contributed by atoms with van der Waals surface area (Å²) in [6, 6.07) is 18.2. The van der Waals surface area contributed by atoms with Crippen LogP contribution >= 0.6 is 11.6 Å². The summed E-state index contributed by atoms with van der Waals surface area (Å²) in [5.41, 5.74) is 2.21. The predicted octanol–water partition coefficient (Wildman–Crippen LogP) is 4.91. The Morgan fingerprint density at radius 3 is 2.14 bits per heavy atom. The quantitative estimate of drug-likeness (QED) is 0.623. The molecule has 0 fully saturated rings. The van der Waals surface area contributed by atoms with E-state index in [9.17, 15) is 8.42 Å². The highest BCUT2D eigenvalue weighted by atomic mass is 35.5. The third-order valence-corrected chi connectivity index (χ3v) is 7.26. The van der Waals surface area contributed by atoms with Gasteiger partial charge in [-0.15, -0.1) is 0 Å². The molecule has 0 bridgehead atoms. The standard InChI is InChI=1S/C22H23ClN2O2S/c1-3-25(4-2)22-19-10-6-8-15-7-5-9-18(20(15)19)21(22)24-28(26,27)17-13-11-16(23)12-14-17/h5-14,21-22,24H,3-4H2,1-2H3/t21-,22+/m0/s1. The molecule has 0 saturated heterocycles. The fourth-order valence-corrected chi connectivity index (χ4v) is 5.60. The van der Waals surface area contributed by atoms with Crippen LogP contribution in [0, 0.1) is 0 Å². The van der Waals surface area contributed by atoms with Crippen molar-refractivity contribution in [3.8, 4) is 0 Å². The average molecular weight is 415 g/mol. The Morgan fingerprint density at radius 2 is 1.54 bits per heavy atom. The highest BCUT2D eigenvalue weighted by Crippen LogP contribution is 2.47. The van der Waals surface area contributed by atoms with Crippen LogP contribution in [-0.4, -0.2) is 26.4 Å². The van der Waals surface area contributed by atoms with Gasteiger partial charge < -0.3 is 0 Å². The first-order valence-electron chi connectivity index (χ1n) is 9.49. The molecule has 3 aromatic carbocycles. The minimum absolute atomic E-state index is 0.0434. The van der Waals surface area contributed by atoms with Gasteiger partial charge in [0, 0.05) is 5.02 Å². The molecule has 0 aromatic heterocycles. The van der Waals surface area contributed by atoms with E-state index in [1.807, 2.05) is 18.2 Å². The molecular formula is C22H23ClN2O2S. The second kappa shape index (κ2) is 7.48. The normalized spacial score (nSPS) is 18.9. The molecule has 0 saturated carbocycles. The number of nitrogens with one attached hydrogen (secondary N) is 1. The van der Waals surface area contributed by atoms with Gasteiger partial charge in [0.1, 0.15) is 0 Å². The van der Waals surface area contributed by atoms with Gasteiger partial charge in [0.25, 0.3) is 0 Å². The molecule has 3 aromatic rings. The topological polar surface area (TPSA) is 49.4 Å². The van der Waals surface area contributed by atoms with Gasteiger partial charge >= 0.3 is 0 Å². The van der Waals surface area contributed by atoms with E-state index in [0.717, 1.165) is 29.4 Å². The Bertz CT molecular complexity index is 1100. The minimum atomic E-state index is -3.69. The first kappa shape index (κ1) is 19.4. The number of benzene rings is 3. The van der Waals surface area contributed by atoms with Gasteiger partial charge in [0.05, 0.1) is 17.0 Å². The number of hydrogen-bond acceptors (Lipinski definition) is 3. The molecule has 0 heterocycles. The maximum Gasteiger partial charge on any atom is 0.241 e. The van der Waals surface area contributed by atoms with E-state index in [1.165, 1.54) is 5.56 Å². The molecule has 146 valence electrons. The molecule has 0 radical (unpaired) electrons. The Hall–Kier alpha value is -1.92. The molecule has 1 aliphatic rings. The molecule has 1 aliphatic carbocycles. The molecule has 0 aliphatic heterocycles. The largest absolute Gasteiger partial charge is 0.295 e. The molecule has 2 atom stereocenters. The van der Waals surface area contributed by atoms with Crippen LogP contribution in [0.25, 0.3) is 10.8 Å². The van der Waals surface area contributed by atoms with Gasteiger partial charge in [0.15, 0.2) is 0 Å². The molecule has 6 heteroatoms. The summed E-state index contributed by atoms with van der Waals surface area (Å²) in [5, 5.41) is 2.81. The Kier molecular flexibility index (Phi) is 5.19. The van der Waals surface area contributed by atoms with E-state index in [4.69, 9.17) is 11.6 Å². The van der Waals surface area contributed by atoms with E-state index in [-0.39, 0.29) is 17.0 Å². The summed E-state index contributed by atoms with van der Waals surface area (Å²) in [6.45, 7) is 5.89. The Labute approximate surface area is 171 Å². The van der Waals surface area contributed by atoms with Gasteiger partial charge in [-0.2, -0.15) is 0 Å². The highest BCUT2D eigenvalue weighted by Gasteiger charge is 2.39. The molecule has 0 spiro atoms. The molecule has 1 N–H and O–H groups in total. The van der Waals surface area contributed by atoms with Crippen LogP contribution in [0.3, 0.4) is 0 Å². The molecule has 0 unspecified atom stereocenters. The van der Waals surface area contributed by atoms with Crippen molar-refractivity contribution >= 4 is 32.4 Å². The van der Waals surface area contributed by atoms with Crippen molar-refractivity contribution in [2.45, 2.75) is 30.8 Å². The first-order chi connectivity index (χ1) is 13.5. The lowest BCUT2D eigenvalue weighted by Crippen LogP contribution is -2.38. The van der Waals surface area contributed by atoms with Gasteiger partial charge in [-0.1, -0.05) is 61.8 Å². The monoisotopic (exact) mass is 414 g/mol. The van der Waals surface area contributed by atoms with E-state index in [2.05, 4.69) is 41.7 Å². The average Bonchev–Trinajstić information content (AvgIpc) is 2.99. The Balaban J connectivity index is 1.82. The molecule has 4 nitrogen and oxygen atoms in total. The van der Waals surface area contributed by atoms with Crippen molar-refractivity contribution in [1.29, 1.82) is 0 Å². The molecule has 28 heavy (non-hydrogen) atoms. The summed E-state index contributed by atoms with van der Waals surface area (Å²) >= 11 is 5.93. The zero-order chi connectivity index (χ0) is 19.9. The van der Waals surface area contributed by atoms with Crippen molar-refractivity contribution < 1.29 is 8.42 Å². The van der Waals surface area contributed by atoms with E-state index >= 15 is 0 Å². The number of likely N-dealkylation sites (N-methyl/N-ethyl adjacent to an activating group) is 1. The summed E-state index contributed by atoms with van der Waals surface area (Å²) in [7, 11) is -3.69. The third-order valence-electron chi connectivity index (χ3n) is 5.55. The van der Waals surface area contributed by atoms with Crippen molar-refractivity contribution in [2.24, 2.45) is 0 Å². The van der Waals surface area contributed by atoms with Crippen LogP contribution in [-0.2, 0) is 10.0 Å². The van der Waals surface area contributed by atoms with Crippen LogP contribution < -0.4 is 4.72 Å². The lowest BCUT2D eigenvalue weighted by molar-refractivity contribution is 0.190. The van der Waals surface area contributed by atoms with E-state index in [0.29, 0.717) is 5.02 Å². The number of halogens is 1. The van der Waals surface area contributed by atoms with Crippen LogP contribution in [0.4, 0.5) is 0 Å². The predicted molar refractivity (Wildman–Crippen MR) is 114 cm³/mol. The zero-order valence-electron chi connectivity index (χ0n) is 15.9. The van der Waals surface area contributed by atoms with Gasteiger partial charge in [-0.3, -0.25) is 4.90 Å². The number of hydrogen-bond donors (Lipinski definition) is 1. The fourth-order valence-electron chi connectivity index (χ4n) is 4.26. The van der Waals surface area contributed by atoms with Crippen LogP contribution in [0.1, 0.15) is 37.1 Å². The molecule has 4 rings (SSSR count). The van der Waals surface area contributed by atoms with E-state index in [1.54, 1.807) is 24.3 Å². The van der Waals surface area contributed by atoms with Crippen LogP contribution in [0.5, 0.6) is 0 Å². The van der Waals surface area contributed by atoms with Gasteiger partial charge in [-0.05, 0) is 59.3 Å². The van der Waals surface area contributed by atoms with Crippen LogP contribution in [0.2, 0.25) is 5.02 Å². The summed E-state index contributed by atoms with van der Waals surface area (Å²) in [4.78, 5) is 2.53. The number of rotatable bonds is 6. The van der Waals surface area contributed by atoms with E-state index < -0.39 is 10.0 Å². The van der Waals surface area contributed by atoms with Crippen LogP contribution in [0.15, 0.2) is 65.6 Å². The Morgan fingerprint density at radius 1 is 0.929 bits per heavy atom. The second-order valence-electron chi connectivity index (χ2n) is 7.01. The maximum atomic E-state index is 13.1. The SMILES string of the molecule is CCN(CC)[C@@H]1c2cccc3cccc(c23)[C@@H]1NS(=O)(=O)c1ccc(Cl)cc1. The van der Waals surface area contributed by atoms with Crippen molar-refractivity contribution in [3.63, 3.8) is 0 Å². The number of nitrogens with zero attached hydrogens (tertiary/aromatic N) is 1. The minimum Gasteiger partial charge on any atom is -0.295 e. The highest BCUT2D eigenvalue weighted by molar-refractivity contribution is 7.89. The van der Waals surface area contributed by atoms with Gasteiger partial charge in [0.2, 0.25) is 10.0 Å². The number of sulfonamides is 1.